The summed E-state index contributed by atoms with van der Waals surface area (Å²) >= 11 is 0. The molecule has 9 rings (SSSR count). The van der Waals surface area contributed by atoms with Gasteiger partial charge >= 0.3 is 0 Å². The van der Waals surface area contributed by atoms with Crippen LogP contribution < -0.4 is 5.35 Å². The molecular formula is C42H27N3OS. The average Bonchev–Trinajstić information content (AvgIpc) is 3.62. The largest absolute Gasteiger partial charge is 0.309 e. The molecule has 0 spiro atoms. The first-order valence-corrected chi connectivity index (χ1v) is 16.7. The second kappa shape index (κ2) is 10.3. The molecule has 0 aliphatic heterocycles. The van der Waals surface area contributed by atoms with Gasteiger partial charge in [0.15, 0.2) is 0 Å². The number of fused-ring (bicyclic) bond motifs is 8. The van der Waals surface area contributed by atoms with Crippen LogP contribution >= 0.6 is 0 Å². The fourth-order valence-corrected chi connectivity index (χ4v) is 8.59. The Kier molecular flexibility index (Phi) is 5.99. The molecule has 9 aromatic rings. The van der Waals surface area contributed by atoms with E-state index in [1.807, 2.05) is 18.2 Å². The minimum atomic E-state index is -1.38. The fourth-order valence-electron chi connectivity index (χ4n) is 7.55. The number of aromatic nitrogens is 2. The molecule has 0 N–H and O–H groups in total. The van der Waals surface area contributed by atoms with Gasteiger partial charge in [-0.25, -0.2) is 4.21 Å². The summed E-state index contributed by atoms with van der Waals surface area (Å²) in [6.45, 7) is 6.45. The number of nitrogens with zero attached hydrogens (tertiary/aromatic N) is 3. The predicted octanol–water partition coefficient (Wildman–Crippen LogP) is 9.70. The van der Waals surface area contributed by atoms with Crippen molar-refractivity contribution in [2.45, 2.75) is 16.7 Å². The molecule has 222 valence electrons. The highest BCUT2D eigenvalue weighted by Crippen LogP contribution is 2.45. The Bertz CT molecular complexity index is 2880. The third-order valence-corrected chi connectivity index (χ3v) is 10.9. The van der Waals surface area contributed by atoms with Gasteiger partial charge in [-0.2, -0.15) is 5.26 Å². The quantitative estimate of drug-likeness (QED) is 0.196. The van der Waals surface area contributed by atoms with Crippen molar-refractivity contribution in [3.63, 3.8) is 0 Å². The third kappa shape index (κ3) is 3.71. The molecule has 0 aliphatic rings. The Labute approximate surface area is 273 Å². The lowest BCUT2D eigenvalue weighted by molar-refractivity contribution is 0.683. The van der Waals surface area contributed by atoms with Crippen LogP contribution in [0.3, 0.4) is 0 Å². The maximum Gasteiger partial charge on any atom is 0.0991 e. The molecule has 0 aliphatic carbocycles. The van der Waals surface area contributed by atoms with E-state index in [2.05, 4.69) is 120 Å². The molecule has 47 heavy (non-hydrogen) atoms. The van der Waals surface area contributed by atoms with E-state index in [0.717, 1.165) is 38.4 Å². The van der Waals surface area contributed by atoms with Gasteiger partial charge in [0.1, 0.15) is 0 Å². The minimum absolute atomic E-state index is 0.548. The molecule has 0 saturated heterocycles. The lowest BCUT2D eigenvalue weighted by Gasteiger charge is -2.12. The highest BCUT2D eigenvalue weighted by Gasteiger charge is 2.25. The Hall–Kier alpha value is -5.96. The first kappa shape index (κ1) is 27.4. The van der Waals surface area contributed by atoms with Crippen molar-refractivity contribution in [2.75, 3.05) is 0 Å². The Balaban J connectivity index is 1.46. The van der Waals surface area contributed by atoms with Crippen LogP contribution in [0.4, 0.5) is 0 Å². The second-order valence-corrected chi connectivity index (χ2v) is 13.2. The number of nitriles is 1. The molecule has 1 atom stereocenters. The van der Waals surface area contributed by atoms with Gasteiger partial charge in [-0.1, -0.05) is 79.4 Å². The van der Waals surface area contributed by atoms with Crippen LogP contribution in [-0.4, -0.2) is 13.2 Å². The number of para-hydroxylation sites is 2. The van der Waals surface area contributed by atoms with Gasteiger partial charge < -0.3 is 8.97 Å². The van der Waals surface area contributed by atoms with Crippen LogP contribution in [-0.2, 0) is 10.8 Å². The zero-order valence-corrected chi connectivity index (χ0v) is 26.4. The van der Waals surface area contributed by atoms with Crippen molar-refractivity contribution in [1.29, 1.82) is 5.26 Å². The second-order valence-electron chi connectivity index (χ2n) is 11.8. The summed E-state index contributed by atoms with van der Waals surface area (Å²) in [5.41, 5.74) is 7.28. The van der Waals surface area contributed by atoms with Gasteiger partial charge in [-0.05, 0) is 78.5 Å². The van der Waals surface area contributed by atoms with E-state index in [1.165, 1.54) is 38.0 Å². The van der Waals surface area contributed by atoms with Crippen molar-refractivity contribution in [1.82, 2.24) is 8.97 Å². The monoisotopic (exact) mass is 621 g/mol. The first-order valence-electron chi connectivity index (χ1n) is 15.6. The van der Waals surface area contributed by atoms with Crippen molar-refractivity contribution >= 4 is 82.7 Å². The molecule has 3 aromatic heterocycles. The number of hydrogen-bond donors (Lipinski definition) is 0. The zero-order chi connectivity index (χ0) is 31.8. The normalized spacial score (nSPS) is 13.0. The van der Waals surface area contributed by atoms with E-state index < -0.39 is 10.8 Å². The van der Waals surface area contributed by atoms with Crippen molar-refractivity contribution in [3.05, 3.63) is 144 Å². The number of benzene rings is 6. The lowest BCUT2D eigenvalue weighted by Crippen LogP contribution is -2.15. The average molecular weight is 622 g/mol. The van der Waals surface area contributed by atoms with E-state index >= 15 is 0 Å². The summed E-state index contributed by atoms with van der Waals surface area (Å²) in [6.07, 6.45) is 4.20. The Morgan fingerprint density at radius 3 is 1.87 bits per heavy atom. The summed E-state index contributed by atoms with van der Waals surface area (Å²) in [5, 5.41) is 18.6. The zero-order valence-electron chi connectivity index (χ0n) is 25.6. The molecular weight excluding hydrogens is 595 g/mol. The van der Waals surface area contributed by atoms with E-state index in [-0.39, 0.29) is 0 Å². The Morgan fingerprint density at radius 2 is 1.23 bits per heavy atom. The molecule has 0 radical (unpaired) electrons. The SMILES string of the molecule is C=Cc1c2ccccc2n2c3ccccc3c3c4ccccc4c4c(c1/c(=C\C)n4-c1ccc(S(=O)c4ccc(C#N)cc4)cc1)c32. The van der Waals surface area contributed by atoms with Crippen LogP contribution in [0.2, 0.25) is 0 Å². The summed E-state index contributed by atoms with van der Waals surface area (Å²) in [4.78, 5) is 1.37. The predicted molar refractivity (Wildman–Crippen MR) is 196 cm³/mol. The van der Waals surface area contributed by atoms with Gasteiger partial charge in [0, 0.05) is 47.8 Å². The molecule has 0 bridgehead atoms. The highest BCUT2D eigenvalue weighted by molar-refractivity contribution is 7.85. The van der Waals surface area contributed by atoms with Crippen molar-refractivity contribution in [3.8, 4) is 11.8 Å². The molecule has 0 saturated carbocycles. The molecule has 1 unspecified atom stereocenters. The van der Waals surface area contributed by atoms with Gasteiger partial charge in [0.05, 0.1) is 49.8 Å². The van der Waals surface area contributed by atoms with Crippen molar-refractivity contribution in [2.24, 2.45) is 0 Å². The highest BCUT2D eigenvalue weighted by atomic mass is 32.2. The summed E-state index contributed by atoms with van der Waals surface area (Å²) in [6, 6.07) is 43.2. The topological polar surface area (TPSA) is 50.2 Å². The minimum Gasteiger partial charge on any atom is -0.309 e. The summed E-state index contributed by atoms with van der Waals surface area (Å²) in [5.74, 6) is 0. The van der Waals surface area contributed by atoms with Gasteiger partial charge in [-0.3, -0.25) is 0 Å². The van der Waals surface area contributed by atoms with E-state index in [0.29, 0.717) is 15.4 Å². The maximum absolute atomic E-state index is 13.5. The van der Waals surface area contributed by atoms with Crippen LogP contribution in [0.15, 0.2) is 138 Å². The first-order chi connectivity index (χ1) is 23.1. The van der Waals surface area contributed by atoms with Gasteiger partial charge in [-0.15, -0.1) is 0 Å². The van der Waals surface area contributed by atoms with Crippen LogP contribution in [0.1, 0.15) is 18.1 Å². The molecule has 0 amide bonds. The Morgan fingerprint density at radius 1 is 0.660 bits per heavy atom. The molecule has 4 nitrogen and oxygen atoms in total. The standard InChI is InChI=1S/C42H27N3OS/c1-3-30-31-11-7-9-15-36(31)45-37-16-10-8-14-34(37)38-32-12-5-6-13-33(32)41-40(42(38)45)39(30)35(4-2)44(41)27-19-23-29(24-20-27)47(46)28-21-17-26(25-43)18-22-28/h3-24H,1H2,2H3/b35-4+. The lowest BCUT2D eigenvalue weighted by atomic mass is 9.98. The molecule has 5 heteroatoms. The molecule has 0 fully saturated rings. The van der Waals surface area contributed by atoms with E-state index in [9.17, 15) is 9.47 Å². The smallest absolute Gasteiger partial charge is 0.0991 e. The summed E-state index contributed by atoms with van der Waals surface area (Å²) < 4.78 is 18.3. The third-order valence-electron chi connectivity index (χ3n) is 9.46. The van der Waals surface area contributed by atoms with Crippen molar-refractivity contribution < 1.29 is 4.21 Å². The van der Waals surface area contributed by atoms with Gasteiger partial charge in [0.25, 0.3) is 0 Å². The number of hydrogen-bond acceptors (Lipinski definition) is 2. The van der Waals surface area contributed by atoms with Gasteiger partial charge in [0.2, 0.25) is 0 Å². The van der Waals surface area contributed by atoms with E-state index in [1.54, 1.807) is 24.3 Å². The van der Waals surface area contributed by atoms with E-state index in [4.69, 9.17) is 0 Å². The maximum atomic E-state index is 13.5. The fraction of sp³-hybridized carbons (Fsp3) is 0.0238. The van der Waals surface area contributed by atoms with Crippen LogP contribution in [0, 0.1) is 11.3 Å². The molecule has 3 heterocycles. The van der Waals surface area contributed by atoms with Crippen LogP contribution in [0.25, 0.3) is 77.6 Å². The van der Waals surface area contributed by atoms with Crippen LogP contribution in [0.5, 0.6) is 0 Å². The molecule has 6 aromatic carbocycles. The summed E-state index contributed by atoms with van der Waals surface area (Å²) in [7, 11) is -1.38. The number of rotatable bonds is 4.